The average molecular weight is 271 g/mol. The largest absolute Gasteiger partial charge is 0.478 e. The minimum atomic E-state index is -0.980. The first-order valence-corrected chi connectivity index (χ1v) is 6.24. The van der Waals surface area contributed by atoms with Crippen molar-refractivity contribution in [3.05, 3.63) is 53.3 Å². The van der Waals surface area contributed by atoms with Gasteiger partial charge in [-0.05, 0) is 37.3 Å². The standard InChI is InChI=1S/C15H17N3O2/c1-10-4-3-5-12(17-10)9-18(2)14-7-6-11(15(19)20)8-13(14)16/h3-8H,9,16H2,1-2H3,(H,19,20). The minimum absolute atomic E-state index is 0.188. The molecule has 20 heavy (non-hydrogen) atoms. The molecule has 2 rings (SSSR count). The van der Waals surface area contributed by atoms with Gasteiger partial charge < -0.3 is 15.7 Å². The van der Waals surface area contributed by atoms with Crippen molar-refractivity contribution in [1.29, 1.82) is 0 Å². The third kappa shape index (κ3) is 3.06. The van der Waals surface area contributed by atoms with E-state index in [2.05, 4.69) is 4.98 Å². The van der Waals surface area contributed by atoms with E-state index in [1.165, 1.54) is 6.07 Å². The summed E-state index contributed by atoms with van der Waals surface area (Å²) < 4.78 is 0. The van der Waals surface area contributed by atoms with Crippen molar-refractivity contribution in [1.82, 2.24) is 4.98 Å². The molecule has 0 atom stereocenters. The molecular weight excluding hydrogens is 254 g/mol. The molecule has 1 aromatic heterocycles. The van der Waals surface area contributed by atoms with Gasteiger partial charge in [-0.2, -0.15) is 0 Å². The Balaban J connectivity index is 2.21. The van der Waals surface area contributed by atoms with Crippen LogP contribution >= 0.6 is 0 Å². The van der Waals surface area contributed by atoms with Crippen molar-refractivity contribution < 1.29 is 9.90 Å². The molecule has 0 aliphatic rings. The fourth-order valence-electron chi connectivity index (χ4n) is 2.05. The van der Waals surface area contributed by atoms with Gasteiger partial charge in [0.2, 0.25) is 0 Å². The number of pyridine rings is 1. The maximum Gasteiger partial charge on any atom is 0.335 e. The number of carboxylic acids is 1. The lowest BCUT2D eigenvalue weighted by Gasteiger charge is -2.21. The number of aryl methyl sites for hydroxylation is 1. The molecule has 5 nitrogen and oxygen atoms in total. The van der Waals surface area contributed by atoms with Crippen molar-refractivity contribution in [2.75, 3.05) is 17.7 Å². The zero-order chi connectivity index (χ0) is 14.7. The number of nitrogens with two attached hydrogens (primary N) is 1. The van der Waals surface area contributed by atoms with Crippen LogP contribution in [0.15, 0.2) is 36.4 Å². The van der Waals surface area contributed by atoms with E-state index in [1.807, 2.05) is 37.1 Å². The fraction of sp³-hybridized carbons (Fsp3) is 0.200. The molecule has 0 bridgehead atoms. The molecule has 104 valence electrons. The topological polar surface area (TPSA) is 79.5 Å². The Labute approximate surface area is 117 Å². The van der Waals surface area contributed by atoms with Gasteiger partial charge >= 0.3 is 5.97 Å². The number of rotatable bonds is 4. The summed E-state index contributed by atoms with van der Waals surface area (Å²) in [4.78, 5) is 17.3. The summed E-state index contributed by atoms with van der Waals surface area (Å²) in [5, 5.41) is 8.93. The molecule has 0 saturated carbocycles. The van der Waals surface area contributed by atoms with Crippen molar-refractivity contribution in [3.8, 4) is 0 Å². The Kier molecular flexibility index (Phi) is 3.89. The van der Waals surface area contributed by atoms with Crippen LogP contribution in [-0.2, 0) is 6.54 Å². The summed E-state index contributed by atoms with van der Waals surface area (Å²) in [5.74, 6) is -0.980. The minimum Gasteiger partial charge on any atom is -0.478 e. The number of carboxylic acid groups (broad SMARTS) is 1. The van der Waals surface area contributed by atoms with Crippen LogP contribution < -0.4 is 10.6 Å². The van der Waals surface area contributed by atoms with E-state index in [1.54, 1.807) is 12.1 Å². The molecule has 0 aliphatic carbocycles. The second-order valence-corrected chi connectivity index (χ2v) is 4.71. The van der Waals surface area contributed by atoms with Crippen LogP contribution in [0, 0.1) is 6.92 Å². The van der Waals surface area contributed by atoms with Crippen LogP contribution in [0.3, 0.4) is 0 Å². The maximum atomic E-state index is 10.9. The highest BCUT2D eigenvalue weighted by molar-refractivity contribution is 5.90. The third-order valence-electron chi connectivity index (χ3n) is 3.03. The number of hydrogen-bond acceptors (Lipinski definition) is 4. The Morgan fingerprint density at radius 3 is 2.70 bits per heavy atom. The van der Waals surface area contributed by atoms with Crippen LogP contribution in [0.5, 0.6) is 0 Å². The number of aromatic carboxylic acids is 1. The zero-order valence-electron chi connectivity index (χ0n) is 11.5. The van der Waals surface area contributed by atoms with E-state index in [-0.39, 0.29) is 5.56 Å². The summed E-state index contributed by atoms with van der Waals surface area (Å²) in [6.07, 6.45) is 0. The van der Waals surface area contributed by atoms with E-state index < -0.39 is 5.97 Å². The molecule has 0 spiro atoms. The van der Waals surface area contributed by atoms with E-state index in [4.69, 9.17) is 10.8 Å². The van der Waals surface area contributed by atoms with Gasteiger partial charge in [-0.25, -0.2) is 4.79 Å². The van der Waals surface area contributed by atoms with Gasteiger partial charge in [-0.1, -0.05) is 6.07 Å². The lowest BCUT2D eigenvalue weighted by Crippen LogP contribution is -2.19. The number of nitrogen functional groups attached to an aromatic ring is 1. The molecule has 0 fully saturated rings. The van der Waals surface area contributed by atoms with Gasteiger partial charge in [0, 0.05) is 12.7 Å². The number of aromatic nitrogens is 1. The molecule has 0 saturated heterocycles. The van der Waals surface area contributed by atoms with Crippen LogP contribution in [0.2, 0.25) is 0 Å². The number of carbonyl (C=O) groups is 1. The van der Waals surface area contributed by atoms with Gasteiger partial charge in [-0.3, -0.25) is 4.98 Å². The first-order chi connectivity index (χ1) is 9.47. The van der Waals surface area contributed by atoms with E-state index >= 15 is 0 Å². The predicted octanol–water partition coefficient (Wildman–Crippen LogP) is 2.31. The van der Waals surface area contributed by atoms with E-state index in [0.717, 1.165) is 17.1 Å². The monoisotopic (exact) mass is 271 g/mol. The molecular formula is C15H17N3O2. The van der Waals surface area contributed by atoms with Gasteiger partial charge in [0.1, 0.15) is 0 Å². The first kappa shape index (κ1) is 13.9. The molecule has 1 heterocycles. The first-order valence-electron chi connectivity index (χ1n) is 6.24. The lowest BCUT2D eigenvalue weighted by atomic mass is 10.1. The molecule has 0 amide bonds. The van der Waals surface area contributed by atoms with Crippen molar-refractivity contribution in [2.24, 2.45) is 0 Å². The predicted molar refractivity (Wildman–Crippen MR) is 78.9 cm³/mol. The molecule has 5 heteroatoms. The van der Waals surface area contributed by atoms with Gasteiger partial charge in [0.25, 0.3) is 0 Å². The molecule has 0 aliphatic heterocycles. The molecule has 0 radical (unpaired) electrons. The second kappa shape index (κ2) is 5.61. The van der Waals surface area contributed by atoms with Gasteiger partial charge in [0.15, 0.2) is 0 Å². The number of hydrogen-bond donors (Lipinski definition) is 2. The Morgan fingerprint density at radius 2 is 2.10 bits per heavy atom. The lowest BCUT2D eigenvalue weighted by molar-refractivity contribution is 0.0697. The fourth-order valence-corrected chi connectivity index (χ4v) is 2.05. The zero-order valence-corrected chi connectivity index (χ0v) is 11.5. The maximum absolute atomic E-state index is 10.9. The smallest absolute Gasteiger partial charge is 0.335 e. The molecule has 0 unspecified atom stereocenters. The number of benzene rings is 1. The highest BCUT2D eigenvalue weighted by Gasteiger charge is 2.10. The molecule has 3 N–H and O–H groups in total. The van der Waals surface area contributed by atoms with Crippen LogP contribution in [-0.4, -0.2) is 23.1 Å². The van der Waals surface area contributed by atoms with Crippen LogP contribution in [0.1, 0.15) is 21.7 Å². The highest BCUT2D eigenvalue weighted by atomic mass is 16.4. The second-order valence-electron chi connectivity index (χ2n) is 4.71. The average Bonchev–Trinajstić information content (AvgIpc) is 2.38. The van der Waals surface area contributed by atoms with E-state index in [0.29, 0.717) is 12.2 Å². The SMILES string of the molecule is Cc1cccc(CN(C)c2ccc(C(=O)O)cc2N)n1. The summed E-state index contributed by atoms with van der Waals surface area (Å²) in [7, 11) is 1.90. The Bertz CT molecular complexity index is 641. The molecule has 2 aromatic rings. The summed E-state index contributed by atoms with van der Waals surface area (Å²) in [6, 6.07) is 10.6. The van der Waals surface area contributed by atoms with Gasteiger partial charge in [0.05, 0.1) is 29.2 Å². The molecule has 1 aromatic carbocycles. The van der Waals surface area contributed by atoms with Crippen LogP contribution in [0.4, 0.5) is 11.4 Å². The van der Waals surface area contributed by atoms with Crippen molar-refractivity contribution >= 4 is 17.3 Å². The van der Waals surface area contributed by atoms with Crippen LogP contribution in [0.25, 0.3) is 0 Å². The van der Waals surface area contributed by atoms with Crippen molar-refractivity contribution in [2.45, 2.75) is 13.5 Å². The summed E-state index contributed by atoms with van der Waals surface area (Å²) >= 11 is 0. The van der Waals surface area contributed by atoms with E-state index in [9.17, 15) is 4.79 Å². The number of anilines is 2. The quantitative estimate of drug-likeness (QED) is 0.834. The van der Waals surface area contributed by atoms with Crippen molar-refractivity contribution in [3.63, 3.8) is 0 Å². The highest BCUT2D eigenvalue weighted by Crippen LogP contribution is 2.24. The van der Waals surface area contributed by atoms with Gasteiger partial charge in [-0.15, -0.1) is 0 Å². The Morgan fingerprint density at radius 1 is 1.35 bits per heavy atom. The Hall–Kier alpha value is -2.56. The number of nitrogens with zero attached hydrogens (tertiary/aromatic N) is 2. The third-order valence-corrected chi connectivity index (χ3v) is 3.03. The normalized spacial score (nSPS) is 10.3. The summed E-state index contributed by atoms with van der Waals surface area (Å²) in [5.41, 5.74) is 9.24. The summed E-state index contributed by atoms with van der Waals surface area (Å²) in [6.45, 7) is 2.55.